The van der Waals surface area contributed by atoms with E-state index in [0.29, 0.717) is 18.2 Å². The first kappa shape index (κ1) is 25.8. The number of carbonyl (C=O) groups excluding carboxylic acids is 1. The number of aromatic nitrogens is 4. The molecule has 3 N–H and O–H groups in total. The Bertz CT molecular complexity index is 1950. The minimum absolute atomic E-state index is 0.129. The largest absolute Gasteiger partial charge is 0.456 e. The molecule has 0 radical (unpaired) electrons. The Morgan fingerprint density at radius 1 is 1.05 bits per heavy atom. The number of nitrogens with one attached hydrogen (secondary N) is 3. The summed E-state index contributed by atoms with van der Waals surface area (Å²) in [5.41, 5.74) is 4.56. The third-order valence-corrected chi connectivity index (χ3v) is 7.94. The van der Waals surface area contributed by atoms with Crippen LogP contribution in [-0.4, -0.2) is 38.5 Å². The molecule has 1 amide bonds. The van der Waals surface area contributed by atoms with Crippen LogP contribution in [0.15, 0.2) is 82.4 Å². The SMILES string of the molecule is C[C@@H](Nc1cnc(N2CCCC2)n(CC(=O)NCc2cc3cnccc3[nH]2)c1=O)c1ccc2oc3ccccc3c2c1. The van der Waals surface area contributed by atoms with Gasteiger partial charge in [-0.2, -0.15) is 0 Å². The van der Waals surface area contributed by atoms with E-state index in [2.05, 4.69) is 36.6 Å². The highest BCUT2D eigenvalue weighted by molar-refractivity contribution is 6.05. The molecule has 0 unspecified atom stereocenters. The smallest absolute Gasteiger partial charge is 0.278 e. The molecule has 2 aromatic carbocycles. The Morgan fingerprint density at radius 2 is 1.88 bits per heavy atom. The number of aromatic amines is 1. The summed E-state index contributed by atoms with van der Waals surface area (Å²) in [5.74, 6) is 0.257. The van der Waals surface area contributed by atoms with Crippen molar-refractivity contribution < 1.29 is 9.21 Å². The van der Waals surface area contributed by atoms with Gasteiger partial charge in [0.1, 0.15) is 23.4 Å². The minimum Gasteiger partial charge on any atom is -0.456 e. The van der Waals surface area contributed by atoms with Crippen LogP contribution in [0.3, 0.4) is 0 Å². The molecule has 0 bridgehead atoms. The number of anilines is 2. The van der Waals surface area contributed by atoms with Crippen molar-refractivity contribution in [3.63, 3.8) is 0 Å². The summed E-state index contributed by atoms with van der Waals surface area (Å²) >= 11 is 0. The van der Waals surface area contributed by atoms with Gasteiger partial charge in [-0.3, -0.25) is 19.1 Å². The predicted molar refractivity (Wildman–Crippen MR) is 164 cm³/mol. The fourth-order valence-electron chi connectivity index (χ4n) is 5.74. The first-order valence-electron chi connectivity index (χ1n) is 14.2. The topological polar surface area (TPSA) is 121 Å². The van der Waals surface area contributed by atoms with Gasteiger partial charge in [0.05, 0.1) is 12.7 Å². The molecule has 4 aromatic heterocycles. The van der Waals surface area contributed by atoms with E-state index in [1.807, 2.05) is 55.5 Å². The number of benzene rings is 2. The molecule has 212 valence electrons. The average molecular weight is 562 g/mol. The number of nitrogens with zero attached hydrogens (tertiary/aromatic N) is 4. The highest BCUT2D eigenvalue weighted by Crippen LogP contribution is 2.31. The Hall–Kier alpha value is -5.12. The number of carbonyl (C=O) groups is 1. The van der Waals surface area contributed by atoms with Gasteiger partial charge in [0, 0.05) is 58.9 Å². The van der Waals surface area contributed by atoms with Gasteiger partial charge in [0.25, 0.3) is 5.56 Å². The number of hydrogen-bond donors (Lipinski definition) is 3. The first-order chi connectivity index (χ1) is 20.5. The molecule has 0 saturated carbocycles. The van der Waals surface area contributed by atoms with Gasteiger partial charge in [-0.25, -0.2) is 4.98 Å². The van der Waals surface area contributed by atoms with Crippen LogP contribution in [0.4, 0.5) is 11.6 Å². The van der Waals surface area contributed by atoms with Crippen LogP contribution in [0.25, 0.3) is 32.8 Å². The normalized spacial score (nSPS) is 14.2. The van der Waals surface area contributed by atoms with E-state index in [1.165, 1.54) is 4.57 Å². The highest BCUT2D eigenvalue weighted by atomic mass is 16.3. The molecular formula is C32H31N7O3. The van der Waals surface area contributed by atoms with E-state index in [9.17, 15) is 9.59 Å². The molecule has 1 aliphatic heterocycles. The third kappa shape index (κ3) is 4.85. The lowest BCUT2D eigenvalue weighted by atomic mass is 10.0. The van der Waals surface area contributed by atoms with Crippen LogP contribution in [0.2, 0.25) is 0 Å². The highest BCUT2D eigenvalue weighted by Gasteiger charge is 2.22. The summed E-state index contributed by atoms with van der Waals surface area (Å²) in [7, 11) is 0. The molecule has 1 aliphatic rings. The van der Waals surface area contributed by atoms with Gasteiger partial charge < -0.3 is 24.9 Å². The monoisotopic (exact) mass is 561 g/mol. The molecule has 1 atom stereocenters. The Balaban J connectivity index is 1.13. The van der Waals surface area contributed by atoms with Crippen LogP contribution in [0.1, 0.15) is 37.1 Å². The molecule has 0 aliphatic carbocycles. The van der Waals surface area contributed by atoms with E-state index >= 15 is 0 Å². The molecular weight excluding hydrogens is 530 g/mol. The summed E-state index contributed by atoms with van der Waals surface area (Å²) in [6.07, 6.45) is 7.14. The fraction of sp³-hybridized carbons (Fsp3) is 0.250. The van der Waals surface area contributed by atoms with Crippen LogP contribution < -0.4 is 21.1 Å². The van der Waals surface area contributed by atoms with E-state index in [1.54, 1.807) is 18.6 Å². The maximum Gasteiger partial charge on any atom is 0.278 e. The minimum atomic E-state index is -0.277. The molecule has 10 nitrogen and oxygen atoms in total. The second-order valence-electron chi connectivity index (χ2n) is 10.8. The summed E-state index contributed by atoms with van der Waals surface area (Å²) in [5, 5.41) is 9.35. The molecule has 7 rings (SSSR count). The molecule has 1 fully saturated rings. The van der Waals surface area contributed by atoms with Crippen molar-refractivity contribution in [2.75, 3.05) is 23.3 Å². The van der Waals surface area contributed by atoms with Crippen molar-refractivity contribution in [2.45, 2.75) is 38.9 Å². The van der Waals surface area contributed by atoms with E-state index in [4.69, 9.17) is 4.42 Å². The maximum absolute atomic E-state index is 13.8. The van der Waals surface area contributed by atoms with Crippen LogP contribution in [0, 0.1) is 0 Å². The van der Waals surface area contributed by atoms with Crippen molar-refractivity contribution in [2.24, 2.45) is 0 Å². The summed E-state index contributed by atoms with van der Waals surface area (Å²) in [6, 6.07) is 17.7. The molecule has 0 spiro atoms. The van der Waals surface area contributed by atoms with E-state index < -0.39 is 0 Å². The Kier molecular flexibility index (Phi) is 6.58. The second kappa shape index (κ2) is 10.7. The van der Waals surface area contributed by atoms with Gasteiger partial charge in [-0.05, 0) is 55.7 Å². The lowest BCUT2D eigenvalue weighted by Crippen LogP contribution is -2.37. The number of para-hydroxylation sites is 1. The van der Waals surface area contributed by atoms with Gasteiger partial charge in [-0.1, -0.05) is 24.3 Å². The van der Waals surface area contributed by atoms with Gasteiger partial charge in [0.15, 0.2) is 0 Å². The number of hydrogen-bond acceptors (Lipinski definition) is 7. The zero-order valence-corrected chi connectivity index (χ0v) is 23.3. The molecule has 1 saturated heterocycles. The molecule has 10 heteroatoms. The second-order valence-corrected chi connectivity index (χ2v) is 10.8. The lowest BCUT2D eigenvalue weighted by molar-refractivity contribution is -0.121. The average Bonchev–Trinajstić information content (AvgIpc) is 3.76. The zero-order valence-electron chi connectivity index (χ0n) is 23.3. The number of rotatable bonds is 8. The van der Waals surface area contributed by atoms with Crippen molar-refractivity contribution in [1.82, 2.24) is 24.8 Å². The molecule has 5 heterocycles. The quantitative estimate of drug-likeness (QED) is 0.236. The van der Waals surface area contributed by atoms with Gasteiger partial charge in [0.2, 0.25) is 11.9 Å². The fourth-order valence-corrected chi connectivity index (χ4v) is 5.74. The predicted octanol–water partition coefficient (Wildman–Crippen LogP) is 5.11. The van der Waals surface area contributed by atoms with Gasteiger partial charge >= 0.3 is 0 Å². The summed E-state index contributed by atoms with van der Waals surface area (Å²) < 4.78 is 7.46. The Labute approximate surface area is 241 Å². The number of pyridine rings is 1. The number of amides is 1. The maximum atomic E-state index is 13.8. The van der Waals surface area contributed by atoms with Gasteiger partial charge in [-0.15, -0.1) is 0 Å². The zero-order chi connectivity index (χ0) is 28.6. The van der Waals surface area contributed by atoms with Crippen LogP contribution in [0.5, 0.6) is 0 Å². The van der Waals surface area contributed by atoms with E-state index in [-0.39, 0.29) is 24.1 Å². The first-order valence-corrected chi connectivity index (χ1v) is 14.2. The van der Waals surface area contributed by atoms with Crippen molar-refractivity contribution in [3.05, 3.63) is 94.8 Å². The van der Waals surface area contributed by atoms with Crippen LogP contribution >= 0.6 is 0 Å². The third-order valence-electron chi connectivity index (χ3n) is 7.94. The number of furan rings is 1. The van der Waals surface area contributed by atoms with E-state index in [0.717, 1.165) is 70.0 Å². The standard InChI is InChI=1S/C32H31N7O3/c1-20(21-8-9-29-25(15-21)24-6-2-3-7-28(24)42-29)36-27-18-35-32(38-12-4-5-13-38)39(31(27)41)19-30(40)34-17-23-14-22-16-33-11-10-26(22)37-23/h2-3,6-11,14-16,18,20,36-37H,4-5,12-13,17,19H2,1H3,(H,34,40)/t20-/m1/s1. The summed E-state index contributed by atoms with van der Waals surface area (Å²) in [4.78, 5) is 41.1. The van der Waals surface area contributed by atoms with Crippen molar-refractivity contribution in [3.8, 4) is 0 Å². The van der Waals surface area contributed by atoms with Crippen molar-refractivity contribution >= 4 is 50.4 Å². The number of fused-ring (bicyclic) bond motifs is 4. The summed E-state index contributed by atoms with van der Waals surface area (Å²) in [6.45, 7) is 3.80. The molecule has 6 aromatic rings. The Morgan fingerprint density at radius 3 is 2.74 bits per heavy atom. The molecule has 42 heavy (non-hydrogen) atoms. The lowest BCUT2D eigenvalue weighted by Gasteiger charge is -2.23. The van der Waals surface area contributed by atoms with Crippen molar-refractivity contribution in [1.29, 1.82) is 0 Å². The number of H-pyrrole nitrogens is 1. The van der Waals surface area contributed by atoms with Crippen LogP contribution in [-0.2, 0) is 17.9 Å².